The summed E-state index contributed by atoms with van der Waals surface area (Å²) in [6.07, 6.45) is 0. The van der Waals surface area contributed by atoms with Crippen molar-refractivity contribution in [1.82, 2.24) is 5.32 Å². The minimum absolute atomic E-state index is 0.107. The van der Waals surface area contributed by atoms with Crippen molar-refractivity contribution in [3.63, 3.8) is 0 Å². The van der Waals surface area contributed by atoms with Gasteiger partial charge in [-0.3, -0.25) is 9.10 Å². The molecular formula is C25H27ClN2O4S2. The number of carbonyl (C=O) groups is 1. The van der Waals surface area contributed by atoms with E-state index in [-0.39, 0.29) is 11.4 Å². The molecule has 0 radical (unpaired) electrons. The number of aryl methyl sites for hydroxylation is 1. The van der Waals surface area contributed by atoms with E-state index in [1.165, 1.54) is 0 Å². The fourth-order valence-electron chi connectivity index (χ4n) is 3.15. The number of halogens is 1. The number of hydrogen-bond acceptors (Lipinski definition) is 5. The van der Waals surface area contributed by atoms with E-state index in [0.29, 0.717) is 35.4 Å². The zero-order valence-electron chi connectivity index (χ0n) is 19.0. The molecule has 0 unspecified atom stereocenters. The number of sulfonamides is 1. The Kier molecular flexibility index (Phi) is 9.27. The van der Waals surface area contributed by atoms with Crippen molar-refractivity contribution in [2.24, 2.45) is 0 Å². The number of carbonyl (C=O) groups excluding carboxylic acids is 1. The van der Waals surface area contributed by atoms with Gasteiger partial charge < -0.3 is 10.1 Å². The Morgan fingerprint density at radius 2 is 1.71 bits per heavy atom. The molecular weight excluding hydrogens is 492 g/mol. The molecule has 0 aliphatic carbocycles. The summed E-state index contributed by atoms with van der Waals surface area (Å²) in [6, 6.07) is 20.8. The number of rotatable bonds is 11. The highest BCUT2D eigenvalue weighted by Crippen LogP contribution is 2.32. The number of thioether (sulfide) groups is 1. The molecule has 0 saturated heterocycles. The second-order valence-electron chi connectivity index (χ2n) is 7.38. The average Bonchev–Trinajstić information content (AvgIpc) is 2.82. The lowest BCUT2D eigenvalue weighted by atomic mass is 10.2. The molecule has 0 atom stereocenters. The highest BCUT2D eigenvalue weighted by Gasteiger charge is 2.29. The Hall–Kier alpha value is -2.68. The Balaban J connectivity index is 1.76. The topological polar surface area (TPSA) is 75.7 Å². The highest BCUT2D eigenvalue weighted by molar-refractivity contribution is 7.99. The van der Waals surface area contributed by atoms with Gasteiger partial charge in [0.2, 0.25) is 5.91 Å². The van der Waals surface area contributed by atoms with E-state index < -0.39 is 15.9 Å². The number of benzene rings is 3. The van der Waals surface area contributed by atoms with E-state index in [9.17, 15) is 13.2 Å². The van der Waals surface area contributed by atoms with E-state index >= 15 is 0 Å². The molecule has 0 saturated carbocycles. The van der Waals surface area contributed by atoms with E-state index in [2.05, 4.69) is 5.32 Å². The first kappa shape index (κ1) is 25.9. The zero-order chi connectivity index (χ0) is 24.6. The van der Waals surface area contributed by atoms with Crippen molar-refractivity contribution >= 4 is 45.0 Å². The maximum atomic E-state index is 13.6. The van der Waals surface area contributed by atoms with Crippen molar-refractivity contribution in [3.05, 3.63) is 83.4 Å². The minimum Gasteiger partial charge on any atom is -0.492 e. The molecule has 0 fully saturated rings. The summed E-state index contributed by atoms with van der Waals surface area (Å²) in [7, 11) is -4.01. The van der Waals surface area contributed by atoms with Crippen LogP contribution in [0.3, 0.4) is 0 Å². The predicted octanol–water partition coefficient (Wildman–Crippen LogP) is 5.15. The summed E-state index contributed by atoms with van der Waals surface area (Å²) in [6.45, 7) is 4.09. The average molecular weight is 519 g/mol. The van der Waals surface area contributed by atoms with Gasteiger partial charge in [-0.15, -0.1) is 11.8 Å². The van der Waals surface area contributed by atoms with Gasteiger partial charge in [-0.25, -0.2) is 8.42 Å². The smallest absolute Gasteiger partial charge is 0.264 e. The number of nitrogens with one attached hydrogen (secondary N) is 1. The fraction of sp³-hybridized carbons (Fsp3) is 0.240. The summed E-state index contributed by atoms with van der Waals surface area (Å²) in [5.74, 6) is 0.624. The molecule has 3 aromatic rings. The number of hydrogen-bond donors (Lipinski definition) is 1. The summed E-state index contributed by atoms with van der Waals surface area (Å²) in [5.41, 5.74) is 1.26. The van der Waals surface area contributed by atoms with E-state index in [1.54, 1.807) is 60.3 Å². The first-order valence-electron chi connectivity index (χ1n) is 10.8. The Bertz CT molecular complexity index is 1200. The van der Waals surface area contributed by atoms with Gasteiger partial charge in [0.05, 0.1) is 17.2 Å². The van der Waals surface area contributed by atoms with Crippen LogP contribution < -0.4 is 14.4 Å². The number of ether oxygens (including phenoxy) is 1. The van der Waals surface area contributed by atoms with Crippen LogP contribution in [0.25, 0.3) is 0 Å². The van der Waals surface area contributed by atoms with Crippen LogP contribution in [0.4, 0.5) is 5.69 Å². The van der Waals surface area contributed by atoms with Crippen LogP contribution in [0, 0.1) is 6.92 Å². The van der Waals surface area contributed by atoms with Gasteiger partial charge in [0, 0.05) is 22.2 Å². The molecule has 0 spiro atoms. The van der Waals surface area contributed by atoms with Gasteiger partial charge in [0.1, 0.15) is 12.3 Å². The fourth-order valence-corrected chi connectivity index (χ4v) is 5.48. The molecule has 3 rings (SSSR count). The first-order valence-corrected chi connectivity index (χ1v) is 13.6. The maximum absolute atomic E-state index is 13.6. The standard InChI is InChI=1S/C25H27ClN2O4S2/c1-3-32-24-7-5-4-6-23(24)28(34(30,31)22-14-8-19(2)9-15-22)18-25(29)27-16-17-33-21-12-10-20(26)11-13-21/h4-15H,3,16-18H2,1-2H3,(H,27,29). The third kappa shape index (κ3) is 6.91. The summed E-state index contributed by atoms with van der Waals surface area (Å²) >= 11 is 7.48. The molecule has 3 aromatic carbocycles. The summed E-state index contributed by atoms with van der Waals surface area (Å²) in [4.78, 5) is 13.9. The van der Waals surface area contributed by atoms with E-state index in [1.807, 2.05) is 38.1 Å². The van der Waals surface area contributed by atoms with Crippen molar-refractivity contribution in [3.8, 4) is 5.75 Å². The van der Waals surface area contributed by atoms with Crippen LogP contribution in [0.2, 0.25) is 5.02 Å². The molecule has 6 nitrogen and oxygen atoms in total. The summed E-state index contributed by atoms with van der Waals surface area (Å²) < 4.78 is 33.9. The number of amides is 1. The molecule has 0 bridgehead atoms. The quantitative estimate of drug-likeness (QED) is 0.280. The third-order valence-corrected chi connectivity index (χ3v) is 7.88. The number of para-hydroxylation sites is 2. The van der Waals surface area contributed by atoms with Crippen molar-refractivity contribution in [1.29, 1.82) is 0 Å². The molecule has 0 aromatic heterocycles. The van der Waals surface area contributed by atoms with Gasteiger partial charge >= 0.3 is 0 Å². The van der Waals surface area contributed by atoms with Gasteiger partial charge in [-0.2, -0.15) is 0 Å². The van der Waals surface area contributed by atoms with Crippen LogP contribution in [0.5, 0.6) is 5.75 Å². The second kappa shape index (κ2) is 12.1. The Labute approximate surface area is 210 Å². The molecule has 1 N–H and O–H groups in total. The van der Waals surface area contributed by atoms with Gasteiger partial charge in [-0.05, 0) is 62.4 Å². The molecule has 34 heavy (non-hydrogen) atoms. The van der Waals surface area contributed by atoms with Gasteiger partial charge in [-0.1, -0.05) is 41.4 Å². The second-order valence-corrected chi connectivity index (χ2v) is 10.8. The number of nitrogens with zero attached hydrogens (tertiary/aromatic N) is 1. The normalized spacial score (nSPS) is 11.1. The monoisotopic (exact) mass is 518 g/mol. The lowest BCUT2D eigenvalue weighted by molar-refractivity contribution is -0.119. The van der Waals surface area contributed by atoms with Crippen LogP contribution in [0.15, 0.2) is 82.6 Å². The van der Waals surface area contributed by atoms with E-state index in [0.717, 1.165) is 14.8 Å². The van der Waals surface area contributed by atoms with Crippen LogP contribution in [-0.4, -0.2) is 39.8 Å². The first-order chi connectivity index (χ1) is 16.3. The Morgan fingerprint density at radius 3 is 2.38 bits per heavy atom. The maximum Gasteiger partial charge on any atom is 0.264 e. The van der Waals surface area contributed by atoms with E-state index in [4.69, 9.17) is 16.3 Å². The number of anilines is 1. The molecule has 1 amide bonds. The van der Waals surface area contributed by atoms with Crippen molar-refractivity contribution in [2.75, 3.05) is 29.8 Å². The molecule has 9 heteroatoms. The van der Waals surface area contributed by atoms with Crippen molar-refractivity contribution < 1.29 is 17.9 Å². The molecule has 0 heterocycles. The highest BCUT2D eigenvalue weighted by atomic mass is 35.5. The molecule has 0 aliphatic rings. The lowest BCUT2D eigenvalue weighted by Crippen LogP contribution is -2.41. The lowest BCUT2D eigenvalue weighted by Gasteiger charge is -2.26. The van der Waals surface area contributed by atoms with Crippen LogP contribution in [-0.2, 0) is 14.8 Å². The summed E-state index contributed by atoms with van der Waals surface area (Å²) in [5, 5.41) is 3.48. The van der Waals surface area contributed by atoms with Crippen LogP contribution in [0.1, 0.15) is 12.5 Å². The van der Waals surface area contributed by atoms with Crippen LogP contribution >= 0.6 is 23.4 Å². The third-order valence-electron chi connectivity index (χ3n) is 4.84. The zero-order valence-corrected chi connectivity index (χ0v) is 21.4. The molecule has 0 aliphatic heterocycles. The van der Waals surface area contributed by atoms with Crippen molar-refractivity contribution in [2.45, 2.75) is 23.6 Å². The predicted molar refractivity (Wildman–Crippen MR) is 139 cm³/mol. The Morgan fingerprint density at radius 1 is 1.03 bits per heavy atom. The van der Waals surface area contributed by atoms with Gasteiger partial charge in [0.15, 0.2) is 0 Å². The molecule has 180 valence electrons. The SMILES string of the molecule is CCOc1ccccc1N(CC(=O)NCCSc1ccc(Cl)cc1)S(=O)(=O)c1ccc(C)cc1. The largest absolute Gasteiger partial charge is 0.492 e. The van der Waals surface area contributed by atoms with Gasteiger partial charge in [0.25, 0.3) is 10.0 Å². The minimum atomic E-state index is -4.01.